The van der Waals surface area contributed by atoms with E-state index in [1.165, 1.54) is 6.07 Å². The van der Waals surface area contributed by atoms with Crippen LogP contribution in [0.2, 0.25) is 0 Å². The maximum atomic E-state index is 12.6. The van der Waals surface area contributed by atoms with Gasteiger partial charge in [-0.25, -0.2) is 13.8 Å². The summed E-state index contributed by atoms with van der Waals surface area (Å²) in [6.45, 7) is 0. The van der Waals surface area contributed by atoms with Crippen LogP contribution < -0.4 is 0 Å². The van der Waals surface area contributed by atoms with E-state index in [9.17, 15) is 22.0 Å². The summed E-state index contributed by atoms with van der Waals surface area (Å²) in [5.41, 5.74) is -3.62. The normalized spacial score (nSPS) is 11.6. The molecule has 0 aliphatic rings. The maximum absolute atomic E-state index is 12.6. The van der Waals surface area contributed by atoms with E-state index in [4.69, 9.17) is 5.26 Å². The summed E-state index contributed by atoms with van der Waals surface area (Å²) in [5, 5.41) is 8.04. The zero-order valence-corrected chi connectivity index (χ0v) is 9.61. The van der Waals surface area contributed by atoms with Crippen molar-refractivity contribution in [2.75, 3.05) is 0 Å². The minimum Gasteiger partial charge on any atom is -0.236 e. The number of nitrogens with zero attached hydrogens (tertiary/aromatic N) is 2. The Bertz CT molecular complexity index is 464. The predicted molar refractivity (Wildman–Crippen MR) is 51.5 cm³/mol. The second-order valence-corrected chi connectivity index (χ2v) is 3.52. The van der Waals surface area contributed by atoms with Crippen LogP contribution in [0.5, 0.6) is 0 Å². The van der Waals surface area contributed by atoms with Gasteiger partial charge in [0.05, 0.1) is 5.56 Å². The first-order valence-electron chi connectivity index (χ1n) is 4.16. The third-order valence-electron chi connectivity index (χ3n) is 1.92. The van der Waals surface area contributed by atoms with Crippen molar-refractivity contribution in [3.05, 3.63) is 28.6 Å². The highest BCUT2D eigenvalue weighted by molar-refractivity contribution is 9.08. The molecule has 0 fully saturated rings. The second-order valence-electron chi connectivity index (χ2n) is 2.96. The molecule has 0 unspecified atom stereocenters. The van der Waals surface area contributed by atoms with Crippen LogP contribution in [0.15, 0.2) is 6.07 Å². The molecule has 0 radical (unpaired) electrons. The zero-order chi connectivity index (χ0) is 13.2. The molecular formula is C9H4BrF5N2. The van der Waals surface area contributed by atoms with Crippen molar-refractivity contribution in [1.29, 1.82) is 5.26 Å². The quantitative estimate of drug-likeness (QED) is 0.615. The number of pyridine rings is 1. The van der Waals surface area contributed by atoms with Crippen LogP contribution >= 0.6 is 15.9 Å². The Labute approximate surface area is 101 Å². The zero-order valence-electron chi connectivity index (χ0n) is 8.02. The molecule has 1 rings (SSSR count). The van der Waals surface area contributed by atoms with Crippen molar-refractivity contribution in [2.24, 2.45) is 0 Å². The van der Waals surface area contributed by atoms with Crippen LogP contribution in [-0.4, -0.2) is 4.98 Å². The summed E-state index contributed by atoms with van der Waals surface area (Å²) in [5.74, 6) is 0. The lowest BCUT2D eigenvalue weighted by atomic mass is 10.1. The average Bonchev–Trinajstić information content (AvgIpc) is 2.25. The molecular weight excluding hydrogens is 311 g/mol. The standard InChI is InChI=1S/C9H4BrF5N2/c10-2-5-6(9(13,14)15)1-4(3-16)17-7(5)8(11)12/h1,8H,2H2. The third-order valence-corrected chi connectivity index (χ3v) is 2.48. The summed E-state index contributed by atoms with van der Waals surface area (Å²) < 4.78 is 62.9. The molecule has 0 amide bonds. The molecule has 0 aliphatic carbocycles. The lowest BCUT2D eigenvalue weighted by molar-refractivity contribution is -0.138. The molecule has 0 saturated heterocycles. The third kappa shape index (κ3) is 2.91. The predicted octanol–water partition coefficient (Wildman–Crippen LogP) is 3.80. The van der Waals surface area contributed by atoms with Gasteiger partial charge in [-0.1, -0.05) is 15.9 Å². The molecule has 0 aliphatic heterocycles. The first-order chi connectivity index (χ1) is 7.81. The van der Waals surface area contributed by atoms with Crippen LogP contribution in [-0.2, 0) is 11.5 Å². The number of aromatic nitrogens is 1. The van der Waals surface area contributed by atoms with Crippen LogP contribution in [0.3, 0.4) is 0 Å². The number of hydrogen-bond acceptors (Lipinski definition) is 2. The molecule has 1 aromatic rings. The molecule has 1 heterocycles. The summed E-state index contributed by atoms with van der Waals surface area (Å²) >= 11 is 2.71. The number of hydrogen-bond donors (Lipinski definition) is 0. The van der Waals surface area contributed by atoms with Crippen molar-refractivity contribution in [3.8, 4) is 6.07 Å². The van der Waals surface area contributed by atoms with Crippen LogP contribution in [0, 0.1) is 11.3 Å². The van der Waals surface area contributed by atoms with Crippen molar-refractivity contribution < 1.29 is 22.0 Å². The van der Waals surface area contributed by atoms with Gasteiger partial charge in [0.2, 0.25) is 0 Å². The van der Waals surface area contributed by atoms with E-state index >= 15 is 0 Å². The molecule has 8 heteroatoms. The summed E-state index contributed by atoms with van der Waals surface area (Å²) in [4.78, 5) is 3.19. The monoisotopic (exact) mass is 314 g/mol. The Balaban J connectivity index is 3.58. The number of rotatable bonds is 2. The molecule has 0 aromatic carbocycles. The van der Waals surface area contributed by atoms with E-state index in [0.29, 0.717) is 6.07 Å². The van der Waals surface area contributed by atoms with Crippen molar-refractivity contribution in [1.82, 2.24) is 4.98 Å². The lowest BCUT2D eigenvalue weighted by Gasteiger charge is -2.14. The molecule has 0 N–H and O–H groups in total. The van der Waals surface area contributed by atoms with E-state index in [1.807, 2.05) is 0 Å². The van der Waals surface area contributed by atoms with Gasteiger partial charge in [-0.3, -0.25) is 0 Å². The Hall–Kier alpha value is -1.23. The van der Waals surface area contributed by atoms with Crippen molar-refractivity contribution >= 4 is 15.9 Å². The molecule has 0 spiro atoms. The highest BCUT2D eigenvalue weighted by Crippen LogP contribution is 2.36. The minimum atomic E-state index is -4.80. The van der Waals surface area contributed by atoms with Gasteiger partial charge in [-0.05, 0) is 6.07 Å². The molecule has 1 aromatic heterocycles. The highest BCUT2D eigenvalue weighted by atomic mass is 79.9. The van der Waals surface area contributed by atoms with Crippen LogP contribution in [0.25, 0.3) is 0 Å². The molecule has 0 saturated carbocycles. The Morgan fingerprint density at radius 2 is 2.00 bits per heavy atom. The Morgan fingerprint density at radius 1 is 1.41 bits per heavy atom. The van der Waals surface area contributed by atoms with E-state index in [0.717, 1.165) is 0 Å². The molecule has 92 valence electrons. The topological polar surface area (TPSA) is 36.7 Å². The summed E-state index contributed by atoms with van der Waals surface area (Å²) in [6.07, 6.45) is -7.97. The van der Waals surface area contributed by atoms with Crippen LogP contribution in [0.1, 0.15) is 28.9 Å². The Morgan fingerprint density at radius 3 is 2.35 bits per heavy atom. The van der Waals surface area contributed by atoms with Gasteiger partial charge in [0.15, 0.2) is 0 Å². The fourth-order valence-electron chi connectivity index (χ4n) is 1.22. The van der Waals surface area contributed by atoms with Crippen molar-refractivity contribution in [3.63, 3.8) is 0 Å². The summed E-state index contributed by atoms with van der Waals surface area (Å²) in [6, 6.07) is 1.79. The molecule has 0 atom stereocenters. The van der Waals surface area contributed by atoms with E-state index in [2.05, 4.69) is 20.9 Å². The molecule has 2 nitrogen and oxygen atoms in total. The minimum absolute atomic E-state index is 0.416. The van der Waals surface area contributed by atoms with E-state index in [1.54, 1.807) is 0 Å². The molecule has 17 heavy (non-hydrogen) atoms. The van der Waals surface area contributed by atoms with Gasteiger partial charge in [0.25, 0.3) is 6.43 Å². The van der Waals surface area contributed by atoms with Gasteiger partial charge in [-0.15, -0.1) is 0 Å². The van der Waals surface area contributed by atoms with Gasteiger partial charge < -0.3 is 0 Å². The van der Waals surface area contributed by atoms with E-state index < -0.39 is 40.4 Å². The molecule has 0 bridgehead atoms. The average molecular weight is 315 g/mol. The first-order valence-corrected chi connectivity index (χ1v) is 5.28. The largest absolute Gasteiger partial charge is 0.416 e. The number of nitriles is 1. The van der Waals surface area contributed by atoms with Gasteiger partial charge >= 0.3 is 6.18 Å². The van der Waals surface area contributed by atoms with Gasteiger partial charge in [0.1, 0.15) is 17.5 Å². The maximum Gasteiger partial charge on any atom is 0.416 e. The number of halogens is 6. The van der Waals surface area contributed by atoms with Crippen molar-refractivity contribution in [2.45, 2.75) is 17.9 Å². The Kier molecular flexibility index (Phi) is 4.03. The highest BCUT2D eigenvalue weighted by Gasteiger charge is 2.36. The lowest BCUT2D eigenvalue weighted by Crippen LogP contribution is -2.13. The number of alkyl halides is 6. The first kappa shape index (κ1) is 13.8. The fraction of sp³-hybridized carbons (Fsp3) is 0.333. The fourth-order valence-corrected chi connectivity index (χ4v) is 1.81. The smallest absolute Gasteiger partial charge is 0.236 e. The SMILES string of the molecule is N#Cc1cc(C(F)(F)F)c(CBr)c(C(F)F)n1. The van der Waals surface area contributed by atoms with Gasteiger partial charge in [0, 0.05) is 10.9 Å². The van der Waals surface area contributed by atoms with Gasteiger partial charge in [-0.2, -0.15) is 18.4 Å². The second kappa shape index (κ2) is 4.96. The van der Waals surface area contributed by atoms with Crippen LogP contribution in [0.4, 0.5) is 22.0 Å². The van der Waals surface area contributed by atoms with E-state index in [-0.39, 0.29) is 0 Å². The summed E-state index contributed by atoms with van der Waals surface area (Å²) in [7, 11) is 0.